The Hall–Kier alpha value is -2.21. The Morgan fingerprint density at radius 2 is 2.05 bits per heavy atom. The van der Waals surface area contributed by atoms with Crippen LogP contribution in [0, 0.1) is 6.92 Å². The van der Waals surface area contributed by atoms with Gasteiger partial charge >= 0.3 is 5.97 Å². The quantitative estimate of drug-likeness (QED) is 0.838. The van der Waals surface area contributed by atoms with Gasteiger partial charge in [-0.15, -0.1) is 5.10 Å². The number of esters is 1. The van der Waals surface area contributed by atoms with Crippen LogP contribution in [0.2, 0.25) is 0 Å². The highest BCUT2D eigenvalue weighted by atomic mass is 16.5. The molecule has 0 aliphatic heterocycles. The second-order valence-corrected chi connectivity index (χ2v) is 3.96. The summed E-state index contributed by atoms with van der Waals surface area (Å²) in [6.07, 6.45) is 0. The minimum absolute atomic E-state index is 0.146. The zero-order valence-electron chi connectivity index (χ0n) is 10.8. The SMILES string of the molecule is CCOC(=O)c1ccc(-n2nnc(CO)c2C)cc1. The van der Waals surface area contributed by atoms with Crippen molar-refractivity contribution in [2.24, 2.45) is 0 Å². The summed E-state index contributed by atoms with van der Waals surface area (Å²) < 4.78 is 6.52. The number of aromatic nitrogens is 3. The van der Waals surface area contributed by atoms with Crippen molar-refractivity contribution < 1.29 is 14.6 Å². The first kappa shape index (κ1) is 13.2. The molecule has 0 atom stereocenters. The molecule has 1 aromatic carbocycles. The van der Waals surface area contributed by atoms with Gasteiger partial charge in [0, 0.05) is 0 Å². The Kier molecular flexibility index (Phi) is 3.91. The first-order chi connectivity index (χ1) is 9.17. The number of hydrogen-bond donors (Lipinski definition) is 1. The van der Waals surface area contributed by atoms with E-state index < -0.39 is 0 Å². The van der Waals surface area contributed by atoms with Crippen LogP contribution in [0.3, 0.4) is 0 Å². The summed E-state index contributed by atoms with van der Waals surface area (Å²) in [5, 5.41) is 16.9. The van der Waals surface area contributed by atoms with Gasteiger partial charge in [0.05, 0.1) is 30.2 Å². The minimum atomic E-state index is -0.347. The molecule has 100 valence electrons. The Balaban J connectivity index is 2.27. The largest absolute Gasteiger partial charge is 0.462 e. The molecule has 0 aliphatic rings. The molecule has 0 bridgehead atoms. The molecule has 6 heteroatoms. The van der Waals surface area contributed by atoms with E-state index in [2.05, 4.69) is 10.3 Å². The van der Waals surface area contributed by atoms with E-state index >= 15 is 0 Å². The Morgan fingerprint density at radius 3 is 2.58 bits per heavy atom. The summed E-state index contributed by atoms with van der Waals surface area (Å²) in [4.78, 5) is 11.5. The molecule has 1 N–H and O–H groups in total. The van der Waals surface area contributed by atoms with Crippen LogP contribution >= 0.6 is 0 Å². The van der Waals surface area contributed by atoms with Crippen molar-refractivity contribution in [3.8, 4) is 5.69 Å². The highest BCUT2D eigenvalue weighted by molar-refractivity contribution is 5.89. The Bertz CT molecular complexity index is 575. The lowest BCUT2D eigenvalue weighted by Gasteiger charge is -2.05. The first-order valence-electron chi connectivity index (χ1n) is 5.97. The number of hydrogen-bond acceptors (Lipinski definition) is 5. The molecule has 2 aromatic rings. The monoisotopic (exact) mass is 261 g/mol. The molecule has 0 unspecified atom stereocenters. The number of rotatable bonds is 4. The summed E-state index contributed by atoms with van der Waals surface area (Å²) in [5.74, 6) is -0.347. The van der Waals surface area contributed by atoms with E-state index in [4.69, 9.17) is 9.84 Å². The van der Waals surface area contributed by atoms with Crippen molar-refractivity contribution in [1.82, 2.24) is 15.0 Å². The van der Waals surface area contributed by atoms with Crippen LogP contribution in [0.5, 0.6) is 0 Å². The molecular formula is C13H15N3O3. The number of carbonyl (C=O) groups excluding carboxylic acids is 1. The van der Waals surface area contributed by atoms with Gasteiger partial charge in [0.2, 0.25) is 0 Å². The van der Waals surface area contributed by atoms with Crippen LogP contribution in [-0.4, -0.2) is 32.7 Å². The zero-order valence-corrected chi connectivity index (χ0v) is 10.8. The van der Waals surface area contributed by atoms with Crippen LogP contribution in [0.15, 0.2) is 24.3 Å². The molecule has 0 spiro atoms. The predicted molar refractivity (Wildman–Crippen MR) is 68.0 cm³/mol. The number of ether oxygens (including phenoxy) is 1. The predicted octanol–water partition coefficient (Wildman–Crippen LogP) is 1.24. The van der Waals surface area contributed by atoms with Gasteiger partial charge in [-0.25, -0.2) is 9.48 Å². The van der Waals surface area contributed by atoms with Crippen LogP contribution in [0.4, 0.5) is 0 Å². The van der Waals surface area contributed by atoms with Gasteiger partial charge in [-0.05, 0) is 38.1 Å². The minimum Gasteiger partial charge on any atom is -0.462 e. The van der Waals surface area contributed by atoms with E-state index in [1.165, 1.54) is 0 Å². The Morgan fingerprint density at radius 1 is 1.37 bits per heavy atom. The van der Waals surface area contributed by atoms with Gasteiger partial charge in [0.25, 0.3) is 0 Å². The molecule has 0 aliphatic carbocycles. The lowest BCUT2D eigenvalue weighted by atomic mass is 10.2. The van der Waals surface area contributed by atoms with E-state index in [-0.39, 0.29) is 12.6 Å². The van der Waals surface area contributed by atoms with E-state index in [1.54, 1.807) is 35.9 Å². The topological polar surface area (TPSA) is 77.2 Å². The molecule has 19 heavy (non-hydrogen) atoms. The van der Waals surface area contributed by atoms with Gasteiger partial charge in [-0.1, -0.05) is 5.21 Å². The molecule has 0 amide bonds. The first-order valence-corrected chi connectivity index (χ1v) is 5.97. The lowest BCUT2D eigenvalue weighted by molar-refractivity contribution is 0.0526. The molecule has 0 fully saturated rings. The summed E-state index contributed by atoms with van der Waals surface area (Å²) in [6, 6.07) is 6.87. The molecule has 0 saturated carbocycles. The smallest absolute Gasteiger partial charge is 0.338 e. The average Bonchev–Trinajstić information content (AvgIpc) is 2.80. The van der Waals surface area contributed by atoms with Crippen LogP contribution in [-0.2, 0) is 11.3 Å². The summed E-state index contributed by atoms with van der Waals surface area (Å²) in [7, 11) is 0. The maximum absolute atomic E-state index is 11.5. The Labute approximate surface area is 110 Å². The summed E-state index contributed by atoms with van der Waals surface area (Å²) >= 11 is 0. The molecule has 1 aromatic heterocycles. The fraction of sp³-hybridized carbons (Fsp3) is 0.308. The zero-order chi connectivity index (χ0) is 13.8. The van der Waals surface area contributed by atoms with E-state index in [0.717, 1.165) is 11.4 Å². The molecule has 2 rings (SSSR count). The van der Waals surface area contributed by atoms with Crippen LogP contribution in [0.25, 0.3) is 5.69 Å². The van der Waals surface area contributed by atoms with E-state index in [9.17, 15) is 4.79 Å². The lowest BCUT2D eigenvalue weighted by Crippen LogP contribution is -2.05. The summed E-state index contributed by atoms with van der Waals surface area (Å²) in [5.41, 5.74) is 2.57. The molecule has 1 heterocycles. The third-order valence-corrected chi connectivity index (χ3v) is 2.76. The molecule has 0 saturated heterocycles. The van der Waals surface area contributed by atoms with E-state index in [1.807, 2.05) is 6.92 Å². The molecule has 6 nitrogen and oxygen atoms in total. The number of benzene rings is 1. The standard InChI is InChI=1S/C13H15N3O3/c1-3-19-13(18)10-4-6-11(7-5-10)16-9(2)12(8-17)14-15-16/h4-7,17H,3,8H2,1-2H3. The van der Waals surface area contributed by atoms with Crippen molar-refractivity contribution in [1.29, 1.82) is 0 Å². The fourth-order valence-electron chi connectivity index (χ4n) is 1.70. The van der Waals surface area contributed by atoms with Gasteiger partial charge in [0.1, 0.15) is 5.69 Å². The second kappa shape index (κ2) is 5.62. The normalized spacial score (nSPS) is 10.5. The van der Waals surface area contributed by atoms with E-state index in [0.29, 0.717) is 17.9 Å². The van der Waals surface area contributed by atoms with Crippen LogP contribution < -0.4 is 0 Å². The number of nitrogens with zero attached hydrogens (tertiary/aromatic N) is 3. The fourth-order valence-corrected chi connectivity index (χ4v) is 1.70. The van der Waals surface area contributed by atoms with Gasteiger partial charge < -0.3 is 9.84 Å². The van der Waals surface area contributed by atoms with Crippen molar-refractivity contribution in [2.45, 2.75) is 20.5 Å². The molecular weight excluding hydrogens is 246 g/mol. The maximum Gasteiger partial charge on any atom is 0.338 e. The highest BCUT2D eigenvalue weighted by Crippen LogP contribution is 2.13. The second-order valence-electron chi connectivity index (χ2n) is 3.96. The van der Waals surface area contributed by atoms with Crippen molar-refractivity contribution in [2.75, 3.05) is 6.61 Å². The van der Waals surface area contributed by atoms with Crippen LogP contribution in [0.1, 0.15) is 28.7 Å². The van der Waals surface area contributed by atoms with Crippen molar-refractivity contribution >= 4 is 5.97 Å². The third-order valence-electron chi connectivity index (χ3n) is 2.76. The maximum atomic E-state index is 11.5. The van der Waals surface area contributed by atoms with Crippen molar-refractivity contribution in [3.05, 3.63) is 41.2 Å². The number of aliphatic hydroxyl groups is 1. The number of aliphatic hydroxyl groups excluding tert-OH is 1. The van der Waals surface area contributed by atoms with Gasteiger partial charge in [-0.3, -0.25) is 0 Å². The summed E-state index contributed by atoms with van der Waals surface area (Å²) in [6.45, 7) is 3.79. The third kappa shape index (κ3) is 2.63. The van der Waals surface area contributed by atoms with Gasteiger partial charge in [-0.2, -0.15) is 0 Å². The number of carbonyl (C=O) groups is 1. The highest BCUT2D eigenvalue weighted by Gasteiger charge is 2.10. The molecule has 0 radical (unpaired) electrons. The average molecular weight is 261 g/mol. The van der Waals surface area contributed by atoms with Crippen molar-refractivity contribution in [3.63, 3.8) is 0 Å². The van der Waals surface area contributed by atoms with Gasteiger partial charge in [0.15, 0.2) is 0 Å².